The maximum Gasteiger partial charge on any atom is 0.266 e. The van der Waals surface area contributed by atoms with Crippen LogP contribution in [-0.2, 0) is 0 Å². The van der Waals surface area contributed by atoms with Crippen LogP contribution in [0.4, 0.5) is 5.69 Å². The lowest BCUT2D eigenvalue weighted by Gasteiger charge is -2.17. The van der Waals surface area contributed by atoms with Gasteiger partial charge in [-0.25, -0.2) is 14.3 Å². The first kappa shape index (κ1) is 18.1. The minimum absolute atomic E-state index is 0.353. The van der Waals surface area contributed by atoms with E-state index in [4.69, 9.17) is 5.10 Å². The first-order chi connectivity index (χ1) is 14.5. The van der Waals surface area contributed by atoms with Crippen molar-refractivity contribution < 1.29 is 9.59 Å². The number of hydrogen-bond acceptors (Lipinski definition) is 4. The molecular weight excluding hydrogens is 378 g/mol. The number of amides is 2. The number of aryl methyl sites for hydroxylation is 3. The molecule has 0 saturated heterocycles. The zero-order valence-electron chi connectivity index (χ0n) is 16.8. The van der Waals surface area contributed by atoms with Crippen molar-refractivity contribution in [3.05, 3.63) is 88.9 Å². The molecule has 7 heteroatoms. The summed E-state index contributed by atoms with van der Waals surface area (Å²) in [5.74, 6) is -0.151. The third kappa shape index (κ3) is 2.52. The predicted molar refractivity (Wildman–Crippen MR) is 112 cm³/mol. The van der Waals surface area contributed by atoms with E-state index in [1.165, 1.54) is 4.90 Å². The molecule has 2 aromatic carbocycles. The van der Waals surface area contributed by atoms with Gasteiger partial charge in [0.2, 0.25) is 0 Å². The molecule has 0 radical (unpaired) electrons. The van der Waals surface area contributed by atoms with Gasteiger partial charge in [-0.3, -0.25) is 9.59 Å². The molecule has 0 N–H and O–H groups in total. The van der Waals surface area contributed by atoms with Crippen molar-refractivity contribution in [2.24, 2.45) is 0 Å². The zero-order chi connectivity index (χ0) is 21.0. The summed E-state index contributed by atoms with van der Waals surface area (Å²) >= 11 is 0. The number of aromatic nitrogens is 4. The van der Waals surface area contributed by atoms with E-state index in [0.29, 0.717) is 28.3 Å². The molecule has 0 saturated carbocycles. The Morgan fingerprint density at radius 2 is 1.33 bits per heavy atom. The summed E-state index contributed by atoms with van der Waals surface area (Å²) in [7, 11) is 0. The highest BCUT2D eigenvalue weighted by Crippen LogP contribution is 2.36. The zero-order valence-corrected chi connectivity index (χ0v) is 16.8. The van der Waals surface area contributed by atoms with E-state index in [0.717, 1.165) is 17.1 Å². The molecule has 3 heterocycles. The van der Waals surface area contributed by atoms with Crippen molar-refractivity contribution in [3.8, 4) is 11.5 Å². The molecule has 5 rings (SSSR count). The summed E-state index contributed by atoms with van der Waals surface area (Å²) in [5.41, 5.74) is 4.32. The SMILES string of the molecule is Cc1cc(C)n(-c2c(N3C(=O)c4ccccc4C3=O)c(C)nn2-c2ccccc2)n1. The predicted octanol–water partition coefficient (Wildman–Crippen LogP) is 3.78. The highest BCUT2D eigenvalue weighted by molar-refractivity contribution is 6.35. The molecule has 2 aromatic heterocycles. The van der Waals surface area contributed by atoms with Crippen LogP contribution in [-0.4, -0.2) is 31.4 Å². The summed E-state index contributed by atoms with van der Waals surface area (Å²) in [6.45, 7) is 5.64. The molecule has 0 unspecified atom stereocenters. The van der Waals surface area contributed by atoms with Crippen LogP contribution in [0.2, 0.25) is 0 Å². The van der Waals surface area contributed by atoms with Gasteiger partial charge in [-0.2, -0.15) is 10.2 Å². The summed E-state index contributed by atoms with van der Waals surface area (Å²) in [4.78, 5) is 27.7. The number of fused-ring (bicyclic) bond motifs is 1. The number of imide groups is 1. The molecule has 1 aliphatic heterocycles. The quantitative estimate of drug-likeness (QED) is 0.493. The van der Waals surface area contributed by atoms with Crippen molar-refractivity contribution >= 4 is 17.5 Å². The van der Waals surface area contributed by atoms with Gasteiger partial charge in [-0.05, 0) is 51.1 Å². The van der Waals surface area contributed by atoms with Crippen molar-refractivity contribution in [3.63, 3.8) is 0 Å². The Morgan fingerprint density at radius 1 is 0.733 bits per heavy atom. The van der Waals surface area contributed by atoms with Gasteiger partial charge in [-0.1, -0.05) is 30.3 Å². The fourth-order valence-corrected chi connectivity index (χ4v) is 3.94. The number of nitrogens with zero attached hydrogens (tertiary/aromatic N) is 5. The second-order valence-electron chi connectivity index (χ2n) is 7.34. The Hall–Kier alpha value is -4.00. The summed E-state index contributed by atoms with van der Waals surface area (Å²) in [5, 5.41) is 9.31. The highest BCUT2D eigenvalue weighted by atomic mass is 16.2. The fourth-order valence-electron chi connectivity index (χ4n) is 3.94. The number of carbonyl (C=O) groups is 2. The van der Waals surface area contributed by atoms with Crippen LogP contribution in [0.15, 0.2) is 60.7 Å². The number of hydrogen-bond donors (Lipinski definition) is 0. The first-order valence-corrected chi connectivity index (χ1v) is 9.64. The second kappa shape index (κ2) is 6.52. The number of para-hydroxylation sites is 1. The van der Waals surface area contributed by atoms with Crippen LogP contribution in [0.5, 0.6) is 0 Å². The third-order valence-corrected chi connectivity index (χ3v) is 5.23. The lowest BCUT2D eigenvalue weighted by atomic mass is 10.1. The molecule has 1 aliphatic rings. The second-order valence-corrected chi connectivity index (χ2v) is 7.34. The molecule has 0 atom stereocenters. The Balaban J connectivity index is 1.80. The van der Waals surface area contributed by atoms with Crippen LogP contribution in [0.3, 0.4) is 0 Å². The van der Waals surface area contributed by atoms with Crippen LogP contribution < -0.4 is 4.90 Å². The van der Waals surface area contributed by atoms with E-state index >= 15 is 0 Å². The van der Waals surface area contributed by atoms with Crippen molar-refractivity contribution in [1.29, 1.82) is 0 Å². The monoisotopic (exact) mass is 397 g/mol. The topological polar surface area (TPSA) is 73.0 Å². The molecule has 0 spiro atoms. The number of anilines is 1. The summed E-state index contributed by atoms with van der Waals surface area (Å²) in [6.07, 6.45) is 0. The molecule has 0 bridgehead atoms. The maximum atomic E-state index is 13.2. The van der Waals surface area contributed by atoms with Crippen molar-refractivity contribution in [1.82, 2.24) is 19.6 Å². The van der Waals surface area contributed by atoms with E-state index in [2.05, 4.69) is 5.10 Å². The average Bonchev–Trinajstić information content (AvgIpc) is 3.34. The lowest BCUT2D eigenvalue weighted by molar-refractivity contribution is 0.0925. The summed E-state index contributed by atoms with van der Waals surface area (Å²) in [6, 6.07) is 18.4. The lowest BCUT2D eigenvalue weighted by Crippen LogP contribution is -2.31. The third-order valence-electron chi connectivity index (χ3n) is 5.23. The standard InChI is InChI=1S/C23H19N5O2/c1-14-13-15(2)27(24-14)21-20(16(3)25-28(21)17-9-5-4-6-10-17)26-22(29)18-11-7-8-12-19(18)23(26)30/h4-13H,1-3H3. The molecule has 0 fully saturated rings. The molecule has 4 aromatic rings. The molecule has 30 heavy (non-hydrogen) atoms. The van der Waals surface area contributed by atoms with Gasteiger partial charge in [-0.15, -0.1) is 0 Å². The smallest absolute Gasteiger partial charge is 0.266 e. The molecule has 2 amide bonds. The van der Waals surface area contributed by atoms with Crippen LogP contribution in [0.25, 0.3) is 11.5 Å². The first-order valence-electron chi connectivity index (χ1n) is 9.64. The van der Waals surface area contributed by atoms with Gasteiger partial charge in [0.25, 0.3) is 11.8 Å². The van der Waals surface area contributed by atoms with Crippen molar-refractivity contribution in [2.45, 2.75) is 20.8 Å². The molecular formula is C23H19N5O2. The molecule has 148 valence electrons. The number of rotatable bonds is 3. The normalized spacial score (nSPS) is 13.2. The van der Waals surface area contributed by atoms with Crippen LogP contribution in [0, 0.1) is 20.8 Å². The Morgan fingerprint density at radius 3 is 1.90 bits per heavy atom. The van der Waals surface area contributed by atoms with E-state index in [1.807, 2.05) is 50.2 Å². The fraction of sp³-hybridized carbons (Fsp3) is 0.130. The van der Waals surface area contributed by atoms with Gasteiger partial charge >= 0.3 is 0 Å². The van der Waals surface area contributed by atoms with E-state index in [1.54, 1.807) is 40.6 Å². The van der Waals surface area contributed by atoms with E-state index in [9.17, 15) is 9.59 Å². The largest absolute Gasteiger partial charge is 0.268 e. The van der Waals surface area contributed by atoms with Gasteiger partial charge in [0.05, 0.1) is 28.2 Å². The van der Waals surface area contributed by atoms with Gasteiger partial charge in [0.15, 0.2) is 5.82 Å². The van der Waals surface area contributed by atoms with Crippen molar-refractivity contribution in [2.75, 3.05) is 4.90 Å². The summed E-state index contributed by atoms with van der Waals surface area (Å²) < 4.78 is 3.47. The van der Waals surface area contributed by atoms with Crippen LogP contribution in [0.1, 0.15) is 37.8 Å². The Bertz CT molecular complexity index is 1280. The highest BCUT2D eigenvalue weighted by Gasteiger charge is 2.40. The number of carbonyl (C=O) groups excluding carboxylic acids is 2. The molecule has 0 aliphatic carbocycles. The number of benzene rings is 2. The minimum Gasteiger partial charge on any atom is -0.268 e. The Labute approximate surface area is 173 Å². The molecule has 7 nitrogen and oxygen atoms in total. The minimum atomic E-state index is -0.353. The van der Waals surface area contributed by atoms with Gasteiger partial charge in [0.1, 0.15) is 5.69 Å². The Kier molecular flexibility index (Phi) is 3.92. The average molecular weight is 397 g/mol. The maximum absolute atomic E-state index is 13.2. The van der Waals surface area contributed by atoms with Crippen LogP contribution >= 0.6 is 0 Å². The van der Waals surface area contributed by atoms with Gasteiger partial charge in [0, 0.05) is 5.69 Å². The van der Waals surface area contributed by atoms with E-state index in [-0.39, 0.29) is 11.8 Å². The van der Waals surface area contributed by atoms with Gasteiger partial charge < -0.3 is 0 Å². The van der Waals surface area contributed by atoms with E-state index < -0.39 is 0 Å².